The average molecular weight is 380 g/mol. The van der Waals surface area contributed by atoms with Gasteiger partial charge in [-0.3, -0.25) is 4.79 Å². The van der Waals surface area contributed by atoms with Gasteiger partial charge >= 0.3 is 0 Å². The van der Waals surface area contributed by atoms with Crippen molar-refractivity contribution in [3.63, 3.8) is 0 Å². The van der Waals surface area contributed by atoms with Gasteiger partial charge in [-0.1, -0.05) is 48.5 Å². The monoisotopic (exact) mass is 380 g/mol. The van der Waals surface area contributed by atoms with E-state index in [-0.39, 0.29) is 10.8 Å². The number of piperidine rings is 1. The molecule has 1 unspecified atom stereocenters. The molecule has 3 aromatic carbocycles. The number of para-hydroxylation sites is 1. The number of hydrogen-bond acceptors (Lipinski definition) is 3. The van der Waals surface area contributed by atoms with Crippen LogP contribution >= 0.6 is 0 Å². The smallest absolute Gasteiger partial charge is 0.245 e. The first-order valence-corrected chi connectivity index (χ1v) is 10.4. The van der Waals surface area contributed by atoms with Crippen molar-refractivity contribution < 1.29 is 13.2 Å². The van der Waals surface area contributed by atoms with E-state index in [0.717, 1.165) is 22.9 Å². The number of nitrogens with one attached hydrogen (secondary N) is 1. The van der Waals surface area contributed by atoms with Gasteiger partial charge in [-0.15, -0.1) is 0 Å². The summed E-state index contributed by atoms with van der Waals surface area (Å²) in [5.74, 6) is -0.211. The molecular weight excluding hydrogens is 360 g/mol. The summed E-state index contributed by atoms with van der Waals surface area (Å²) in [7, 11) is -3.79. The van der Waals surface area contributed by atoms with Crippen molar-refractivity contribution in [1.29, 1.82) is 0 Å². The number of fused-ring (bicyclic) bond motifs is 1. The summed E-state index contributed by atoms with van der Waals surface area (Å²) in [6.07, 6.45) is 1.24. The topological polar surface area (TPSA) is 66.5 Å². The molecule has 1 fully saturated rings. The summed E-state index contributed by atoms with van der Waals surface area (Å²) in [6.45, 7) is 0.594. The predicted octanol–water partition coefficient (Wildman–Crippen LogP) is 3.31. The number of nitrogens with zero attached hydrogens (tertiary/aromatic N) is 1. The van der Waals surface area contributed by atoms with Gasteiger partial charge in [-0.05, 0) is 47.9 Å². The van der Waals surface area contributed by atoms with Crippen LogP contribution in [0.5, 0.6) is 0 Å². The Morgan fingerprint density at radius 2 is 1.59 bits per heavy atom. The molecule has 0 aliphatic carbocycles. The molecule has 27 heavy (non-hydrogen) atoms. The molecule has 6 heteroatoms. The lowest BCUT2D eigenvalue weighted by atomic mass is 10.0. The maximum atomic E-state index is 12.9. The maximum Gasteiger partial charge on any atom is 0.245 e. The fourth-order valence-corrected chi connectivity index (χ4v) is 4.70. The van der Waals surface area contributed by atoms with E-state index in [2.05, 4.69) is 4.72 Å². The number of benzene rings is 3. The molecule has 1 aliphatic heterocycles. The minimum Gasteiger partial charge on any atom is -0.311 e. The van der Waals surface area contributed by atoms with Crippen molar-refractivity contribution in [2.75, 3.05) is 11.4 Å². The van der Waals surface area contributed by atoms with Crippen LogP contribution in [0.25, 0.3) is 10.8 Å². The van der Waals surface area contributed by atoms with Gasteiger partial charge in [0, 0.05) is 12.2 Å². The third kappa shape index (κ3) is 3.59. The molecule has 1 heterocycles. The highest BCUT2D eigenvalue weighted by atomic mass is 32.2. The van der Waals surface area contributed by atoms with E-state index in [0.29, 0.717) is 13.0 Å². The SMILES string of the molecule is O=C1C(NS(=O)(=O)c2ccc3ccccc3c2)CCCN1c1ccccc1. The number of anilines is 1. The first-order chi connectivity index (χ1) is 13.0. The molecule has 1 amide bonds. The average Bonchev–Trinajstić information content (AvgIpc) is 2.70. The summed E-state index contributed by atoms with van der Waals surface area (Å²) in [5.41, 5.74) is 0.789. The highest BCUT2D eigenvalue weighted by Crippen LogP contribution is 2.23. The van der Waals surface area contributed by atoms with Crippen molar-refractivity contribution >= 4 is 32.4 Å². The van der Waals surface area contributed by atoms with Crippen LogP contribution in [0.15, 0.2) is 77.7 Å². The maximum absolute atomic E-state index is 12.9. The van der Waals surface area contributed by atoms with E-state index in [1.807, 2.05) is 54.6 Å². The van der Waals surface area contributed by atoms with Gasteiger partial charge in [0.1, 0.15) is 6.04 Å². The number of sulfonamides is 1. The summed E-state index contributed by atoms with van der Waals surface area (Å²) in [4.78, 5) is 14.7. The van der Waals surface area contributed by atoms with Gasteiger partial charge in [0.2, 0.25) is 15.9 Å². The Balaban J connectivity index is 1.58. The van der Waals surface area contributed by atoms with Crippen LogP contribution in [-0.2, 0) is 14.8 Å². The van der Waals surface area contributed by atoms with E-state index in [9.17, 15) is 13.2 Å². The lowest BCUT2D eigenvalue weighted by Gasteiger charge is -2.32. The summed E-state index contributed by atoms with van der Waals surface area (Å²) < 4.78 is 28.3. The van der Waals surface area contributed by atoms with Crippen LogP contribution < -0.4 is 9.62 Å². The van der Waals surface area contributed by atoms with Gasteiger partial charge in [0.05, 0.1) is 4.90 Å². The fourth-order valence-electron chi connectivity index (χ4n) is 3.44. The Morgan fingerprint density at radius 1 is 0.889 bits per heavy atom. The standard InChI is InChI=1S/C21H20N2O3S/c24-21-20(11-6-14-23(21)18-9-2-1-3-10-18)22-27(25,26)19-13-12-16-7-4-5-8-17(16)15-19/h1-5,7-10,12-13,15,20,22H,6,11,14H2. The van der Waals surface area contributed by atoms with E-state index in [1.165, 1.54) is 0 Å². The van der Waals surface area contributed by atoms with Crippen molar-refractivity contribution in [3.8, 4) is 0 Å². The van der Waals surface area contributed by atoms with Crippen molar-refractivity contribution in [1.82, 2.24) is 4.72 Å². The van der Waals surface area contributed by atoms with Crippen LogP contribution in [0.4, 0.5) is 5.69 Å². The predicted molar refractivity (Wildman–Crippen MR) is 106 cm³/mol. The molecule has 5 nitrogen and oxygen atoms in total. The zero-order chi connectivity index (χ0) is 18.9. The largest absolute Gasteiger partial charge is 0.311 e. The summed E-state index contributed by atoms with van der Waals surface area (Å²) >= 11 is 0. The van der Waals surface area contributed by atoms with E-state index in [4.69, 9.17) is 0 Å². The van der Waals surface area contributed by atoms with E-state index >= 15 is 0 Å². The van der Waals surface area contributed by atoms with Crippen LogP contribution in [0.1, 0.15) is 12.8 Å². The minimum absolute atomic E-state index is 0.172. The van der Waals surface area contributed by atoms with Crippen LogP contribution in [0.3, 0.4) is 0 Å². The van der Waals surface area contributed by atoms with Crippen LogP contribution in [0.2, 0.25) is 0 Å². The van der Waals surface area contributed by atoms with E-state index in [1.54, 1.807) is 23.1 Å². The number of carbonyl (C=O) groups excluding carboxylic acids is 1. The second-order valence-corrected chi connectivity index (χ2v) is 8.36. The number of amides is 1. The number of carbonyl (C=O) groups is 1. The molecule has 0 aromatic heterocycles. The first-order valence-electron chi connectivity index (χ1n) is 8.92. The third-order valence-electron chi connectivity index (χ3n) is 4.84. The molecule has 1 saturated heterocycles. The van der Waals surface area contributed by atoms with Crippen molar-refractivity contribution in [2.45, 2.75) is 23.8 Å². The Morgan fingerprint density at radius 3 is 2.37 bits per heavy atom. The molecule has 1 aliphatic rings. The van der Waals surface area contributed by atoms with Gasteiger partial charge < -0.3 is 4.90 Å². The van der Waals surface area contributed by atoms with Crippen molar-refractivity contribution in [2.24, 2.45) is 0 Å². The molecule has 138 valence electrons. The summed E-state index contributed by atoms with van der Waals surface area (Å²) in [6, 6.07) is 21.2. The van der Waals surface area contributed by atoms with Crippen molar-refractivity contribution in [3.05, 3.63) is 72.8 Å². The van der Waals surface area contributed by atoms with Gasteiger partial charge in [-0.2, -0.15) is 4.72 Å². The first kappa shape index (κ1) is 17.7. The molecule has 0 spiro atoms. The lowest BCUT2D eigenvalue weighted by Crippen LogP contribution is -2.52. The van der Waals surface area contributed by atoms with Gasteiger partial charge in [-0.25, -0.2) is 8.42 Å². The zero-order valence-electron chi connectivity index (χ0n) is 14.7. The lowest BCUT2D eigenvalue weighted by molar-refractivity contribution is -0.121. The quantitative estimate of drug-likeness (QED) is 0.755. The third-order valence-corrected chi connectivity index (χ3v) is 6.30. The molecule has 3 aromatic rings. The fraction of sp³-hybridized carbons (Fsp3) is 0.190. The highest BCUT2D eigenvalue weighted by Gasteiger charge is 2.33. The van der Waals surface area contributed by atoms with Gasteiger partial charge in [0.15, 0.2) is 0 Å². The van der Waals surface area contributed by atoms with Gasteiger partial charge in [0.25, 0.3) is 0 Å². The second-order valence-electron chi connectivity index (χ2n) is 6.65. The molecule has 1 atom stereocenters. The Kier molecular flexibility index (Phi) is 4.68. The molecule has 0 bridgehead atoms. The Labute approximate surface area is 158 Å². The Hall–Kier alpha value is -2.70. The molecule has 0 radical (unpaired) electrons. The normalized spacial score (nSPS) is 18.0. The van der Waals surface area contributed by atoms with Crippen LogP contribution in [0, 0.1) is 0 Å². The molecule has 0 saturated carbocycles. The minimum atomic E-state index is -3.79. The molecular formula is C21H20N2O3S. The zero-order valence-corrected chi connectivity index (χ0v) is 15.5. The molecule has 4 rings (SSSR count). The van der Waals surface area contributed by atoms with Crippen LogP contribution in [-0.4, -0.2) is 26.9 Å². The van der Waals surface area contributed by atoms with E-state index < -0.39 is 16.1 Å². The number of hydrogen-bond donors (Lipinski definition) is 1. The highest BCUT2D eigenvalue weighted by molar-refractivity contribution is 7.89. The number of rotatable bonds is 4. The second kappa shape index (κ2) is 7.13. The Bertz CT molecular complexity index is 1080. The molecule has 1 N–H and O–H groups in total. The summed E-state index contributed by atoms with van der Waals surface area (Å²) in [5, 5.41) is 1.82.